The summed E-state index contributed by atoms with van der Waals surface area (Å²) in [6, 6.07) is 8.03. The third-order valence-electron chi connectivity index (χ3n) is 3.04. The molecule has 2 aromatic rings. The number of nitrogens with one attached hydrogen (secondary N) is 1. The highest BCUT2D eigenvalue weighted by molar-refractivity contribution is 5.48. The predicted molar refractivity (Wildman–Crippen MR) is 82.0 cm³/mol. The molecule has 0 aliphatic heterocycles. The maximum atomic E-state index is 5.66. The summed E-state index contributed by atoms with van der Waals surface area (Å²) in [4.78, 5) is 0. The van der Waals surface area contributed by atoms with Gasteiger partial charge in [0.15, 0.2) is 0 Å². The lowest BCUT2D eigenvalue weighted by molar-refractivity contribution is 0.359. The van der Waals surface area contributed by atoms with Crippen LogP contribution >= 0.6 is 0 Å². The molecular weight excluding hydrogens is 250 g/mol. The number of benzene rings is 1. The van der Waals surface area contributed by atoms with Gasteiger partial charge in [0, 0.05) is 25.4 Å². The summed E-state index contributed by atoms with van der Waals surface area (Å²) in [5.41, 5.74) is 3.28. The normalized spacial score (nSPS) is 10.3. The van der Waals surface area contributed by atoms with Crippen LogP contribution in [-0.4, -0.2) is 16.4 Å². The number of nitrogens with zero attached hydrogens (tertiary/aromatic N) is 2. The lowest BCUT2D eigenvalue weighted by Crippen LogP contribution is -2.04. The van der Waals surface area contributed by atoms with Crippen LogP contribution in [0.1, 0.15) is 18.2 Å². The maximum absolute atomic E-state index is 5.66. The SMILES string of the molecule is C=CCOc1ccccc1CNc1cn(C)nc1CC. The highest BCUT2D eigenvalue weighted by Crippen LogP contribution is 2.21. The lowest BCUT2D eigenvalue weighted by Gasteiger charge is -2.11. The standard InChI is InChI=1S/C16H21N3O/c1-4-10-20-16-9-7-6-8-13(16)11-17-15-12-19(3)18-14(15)5-2/h4,6-9,12,17H,1,5,10-11H2,2-3H3. The van der Waals surface area contributed by atoms with Crippen LogP contribution in [0.3, 0.4) is 0 Å². The first-order valence-electron chi connectivity index (χ1n) is 6.82. The fraction of sp³-hybridized carbons (Fsp3) is 0.312. The zero-order chi connectivity index (χ0) is 14.4. The Labute approximate surface area is 120 Å². The second-order valence-electron chi connectivity index (χ2n) is 4.58. The number of rotatable bonds is 7. The molecule has 0 atom stereocenters. The Morgan fingerprint density at radius 2 is 2.20 bits per heavy atom. The summed E-state index contributed by atoms with van der Waals surface area (Å²) in [5, 5.41) is 7.85. The minimum absolute atomic E-state index is 0.518. The summed E-state index contributed by atoms with van der Waals surface area (Å²) in [6.45, 7) is 7.01. The Morgan fingerprint density at radius 1 is 1.40 bits per heavy atom. The first-order chi connectivity index (χ1) is 9.74. The van der Waals surface area contributed by atoms with E-state index in [1.54, 1.807) is 6.08 Å². The van der Waals surface area contributed by atoms with Crippen molar-refractivity contribution < 1.29 is 4.74 Å². The van der Waals surface area contributed by atoms with Gasteiger partial charge in [-0.2, -0.15) is 5.10 Å². The Hall–Kier alpha value is -2.23. The summed E-state index contributed by atoms with van der Waals surface area (Å²) in [7, 11) is 1.94. The first kappa shape index (κ1) is 14.2. The largest absolute Gasteiger partial charge is 0.489 e. The molecule has 0 saturated heterocycles. The molecule has 2 rings (SSSR count). The topological polar surface area (TPSA) is 39.1 Å². The minimum atomic E-state index is 0.518. The van der Waals surface area contributed by atoms with Gasteiger partial charge >= 0.3 is 0 Å². The van der Waals surface area contributed by atoms with Gasteiger partial charge in [0.2, 0.25) is 0 Å². The smallest absolute Gasteiger partial charge is 0.124 e. The molecule has 0 fully saturated rings. The first-order valence-corrected chi connectivity index (χ1v) is 6.82. The van der Waals surface area contributed by atoms with E-state index in [1.165, 1.54) is 0 Å². The maximum Gasteiger partial charge on any atom is 0.124 e. The van der Waals surface area contributed by atoms with Gasteiger partial charge in [-0.15, -0.1) is 0 Å². The molecule has 1 aromatic heterocycles. The van der Waals surface area contributed by atoms with Crippen molar-refractivity contribution in [1.29, 1.82) is 0 Å². The lowest BCUT2D eigenvalue weighted by atomic mass is 10.2. The predicted octanol–water partition coefficient (Wildman–Crippen LogP) is 3.16. The Kier molecular flexibility index (Phi) is 4.82. The van der Waals surface area contributed by atoms with Crippen LogP contribution in [0, 0.1) is 0 Å². The molecule has 106 valence electrons. The van der Waals surface area contributed by atoms with E-state index in [9.17, 15) is 0 Å². The van der Waals surface area contributed by atoms with E-state index in [1.807, 2.05) is 36.1 Å². The van der Waals surface area contributed by atoms with E-state index in [0.29, 0.717) is 13.2 Å². The third kappa shape index (κ3) is 3.41. The monoisotopic (exact) mass is 271 g/mol. The van der Waals surface area contributed by atoms with Gasteiger partial charge in [-0.1, -0.05) is 37.8 Å². The van der Waals surface area contributed by atoms with Crippen LogP contribution in [0.5, 0.6) is 5.75 Å². The summed E-state index contributed by atoms with van der Waals surface area (Å²) >= 11 is 0. The zero-order valence-corrected chi connectivity index (χ0v) is 12.1. The van der Waals surface area contributed by atoms with Crippen molar-refractivity contribution in [3.05, 3.63) is 54.4 Å². The van der Waals surface area contributed by atoms with Gasteiger partial charge in [0.1, 0.15) is 12.4 Å². The van der Waals surface area contributed by atoms with Crippen molar-refractivity contribution in [2.45, 2.75) is 19.9 Å². The molecule has 0 saturated carbocycles. The van der Waals surface area contributed by atoms with Crippen molar-refractivity contribution in [1.82, 2.24) is 9.78 Å². The number of aryl methyl sites for hydroxylation is 2. The van der Waals surface area contributed by atoms with Crippen LogP contribution in [0.2, 0.25) is 0 Å². The molecule has 20 heavy (non-hydrogen) atoms. The second-order valence-corrected chi connectivity index (χ2v) is 4.58. The third-order valence-corrected chi connectivity index (χ3v) is 3.04. The molecule has 0 aliphatic rings. The molecule has 4 nitrogen and oxygen atoms in total. The van der Waals surface area contributed by atoms with Crippen LogP contribution in [0.4, 0.5) is 5.69 Å². The zero-order valence-electron chi connectivity index (χ0n) is 12.1. The number of hydrogen-bond acceptors (Lipinski definition) is 3. The Bertz CT molecular complexity index is 575. The number of anilines is 1. The van der Waals surface area contributed by atoms with Gasteiger partial charge in [-0.3, -0.25) is 4.68 Å². The van der Waals surface area contributed by atoms with E-state index in [4.69, 9.17) is 4.74 Å². The van der Waals surface area contributed by atoms with Crippen molar-refractivity contribution in [2.24, 2.45) is 7.05 Å². The molecule has 1 heterocycles. The fourth-order valence-corrected chi connectivity index (χ4v) is 2.07. The number of ether oxygens (including phenoxy) is 1. The van der Waals surface area contributed by atoms with E-state index in [-0.39, 0.29) is 0 Å². The van der Waals surface area contributed by atoms with Crippen molar-refractivity contribution in [3.8, 4) is 5.75 Å². The summed E-state index contributed by atoms with van der Waals surface area (Å²) < 4.78 is 7.49. The van der Waals surface area contributed by atoms with Crippen molar-refractivity contribution in [2.75, 3.05) is 11.9 Å². The minimum Gasteiger partial charge on any atom is -0.489 e. The average molecular weight is 271 g/mol. The molecule has 0 unspecified atom stereocenters. The van der Waals surface area contributed by atoms with Gasteiger partial charge < -0.3 is 10.1 Å². The van der Waals surface area contributed by atoms with Crippen LogP contribution < -0.4 is 10.1 Å². The Balaban J connectivity index is 2.08. The summed E-state index contributed by atoms with van der Waals surface area (Å²) in [6.07, 6.45) is 4.67. The van der Waals surface area contributed by atoms with E-state index >= 15 is 0 Å². The molecule has 4 heteroatoms. The van der Waals surface area contributed by atoms with E-state index < -0.39 is 0 Å². The van der Waals surface area contributed by atoms with Gasteiger partial charge in [-0.05, 0) is 12.5 Å². The van der Waals surface area contributed by atoms with E-state index in [0.717, 1.165) is 29.1 Å². The molecule has 1 aromatic carbocycles. The second kappa shape index (κ2) is 6.80. The molecule has 0 bridgehead atoms. The molecule has 0 amide bonds. The number of para-hydroxylation sites is 1. The van der Waals surface area contributed by atoms with Crippen molar-refractivity contribution in [3.63, 3.8) is 0 Å². The highest BCUT2D eigenvalue weighted by Gasteiger charge is 2.07. The van der Waals surface area contributed by atoms with Crippen LogP contribution in [0.15, 0.2) is 43.1 Å². The Morgan fingerprint density at radius 3 is 2.95 bits per heavy atom. The molecule has 0 aliphatic carbocycles. The van der Waals surface area contributed by atoms with Gasteiger partial charge in [0.25, 0.3) is 0 Å². The van der Waals surface area contributed by atoms with Crippen molar-refractivity contribution >= 4 is 5.69 Å². The summed E-state index contributed by atoms with van der Waals surface area (Å²) in [5.74, 6) is 0.891. The molecular formula is C16H21N3O. The van der Waals surface area contributed by atoms with Gasteiger partial charge in [0.05, 0.1) is 11.4 Å². The van der Waals surface area contributed by atoms with Gasteiger partial charge in [-0.25, -0.2) is 0 Å². The molecule has 1 N–H and O–H groups in total. The molecule has 0 radical (unpaired) electrons. The van der Waals surface area contributed by atoms with Crippen LogP contribution in [0.25, 0.3) is 0 Å². The molecule has 0 spiro atoms. The quantitative estimate of drug-likeness (QED) is 0.786. The van der Waals surface area contributed by atoms with E-state index in [2.05, 4.69) is 30.0 Å². The number of hydrogen-bond donors (Lipinski definition) is 1. The number of aromatic nitrogens is 2. The van der Waals surface area contributed by atoms with Crippen LogP contribution in [-0.2, 0) is 20.0 Å². The fourth-order valence-electron chi connectivity index (χ4n) is 2.07. The highest BCUT2D eigenvalue weighted by atomic mass is 16.5. The average Bonchev–Trinajstić information content (AvgIpc) is 2.84.